The van der Waals surface area contributed by atoms with E-state index in [0.717, 1.165) is 10.7 Å². The molecule has 1 nitrogen and oxygen atoms in total. The molecule has 0 heterocycles. The second-order valence-electron chi connectivity index (χ2n) is 1.87. The van der Waals surface area contributed by atoms with E-state index in [2.05, 4.69) is 4.99 Å². The first-order valence-corrected chi connectivity index (χ1v) is 3.45. The average molecular weight is 154 g/mol. The van der Waals surface area contributed by atoms with Gasteiger partial charge in [-0.3, -0.25) is 4.99 Å². The summed E-state index contributed by atoms with van der Waals surface area (Å²) in [4.78, 5) is 4.06. The molecule has 0 aliphatic heterocycles. The minimum atomic E-state index is 0.725. The van der Waals surface area contributed by atoms with Crippen molar-refractivity contribution in [2.24, 2.45) is 4.99 Å². The Morgan fingerprint density at radius 2 is 2.30 bits per heavy atom. The number of aliphatic imine (C=N–C) groups is 1. The molecule has 0 radical (unpaired) electrons. The molecule has 0 amide bonds. The predicted octanol–water partition coefficient (Wildman–Crippen LogP) is 3.06. The van der Waals surface area contributed by atoms with Crippen LogP contribution in [0.2, 0.25) is 5.02 Å². The fourth-order valence-corrected chi connectivity index (χ4v) is 0.890. The van der Waals surface area contributed by atoms with Gasteiger partial charge in [0.25, 0.3) is 0 Å². The quantitative estimate of drug-likeness (QED) is 0.550. The maximum absolute atomic E-state index is 5.71. The zero-order chi connectivity index (χ0) is 7.40. The minimum Gasteiger partial charge on any atom is -0.261 e. The molecule has 0 spiro atoms. The van der Waals surface area contributed by atoms with E-state index in [1.54, 1.807) is 6.21 Å². The third-order valence-corrected chi connectivity index (χ3v) is 1.32. The smallest absolute Gasteiger partial charge is 0.0640 e. The third kappa shape index (κ3) is 1.85. The van der Waals surface area contributed by atoms with Crippen molar-refractivity contribution < 1.29 is 0 Å². The average Bonchev–Trinajstić information content (AvgIpc) is 1.88. The van der Waals surface area contributed by atoms with Crippen LogP contribution in [-0.4, -0.2) is 6.21 Å². The highest BCUT2D eigenvalue weighted by Gasteiger charge is 1.87. The van der Waals surface area contributed by atoms with Crippen LogP contribution in [0, 0.1) is 0 Å². The van der Waals surface area contributed by atoms with Crippen LogP contribution >= 0.6 is 11.6 Å². The number of hydrogen-bond donors (Lipinski definition) is 0. The summed E-state index contributed by atoms with van der Waals surface area (Å²) in [7, 11) is 0. The molecule has 0 saturated carbocycles. The lowest BCUT2D eigenvalue weighted by Crippen LogP contribution is -1.64. The first kappa shape index (κ1) is 7.29. The van der Waals surface area contributed by atoms with Gasteiger partial charge in [-0.2, -0.15) is 0 Å². The highest BCUT2D eigenvalue weighted by molar-refractivity contribution is 6.30. The molecule has 1 aromatic rings. The first-order valence-electron chi connectivity index (χ1n) is 3.07. The van der Waals surface area contributed by atoms with Crippen LogP contribution in [0.1, 0.15) is 6.92 Å². The van der Waals surface area contributed by atoms with E-state index in [-0.39, 0.29) is 0 Å². The van der Waals surface area contributed by atoms with Gasteiger partial charge in [0, 0.05) is 11.2 Å². The molecular formula is C8H8ClN. The van der Waals surface area contributed by atoms with Gasteiger partial charge in [-0.15, -0.1) is 0 Å². The fourth-order valence-electron chi connectivity index (χ4n) is 0.705. The van der Waals surface area contributed by atoms with E-state index in [4.69, 9.17) is 11.6 Å². The van der Waals surface area contributed by atoms with Crippen LogP contribution in [0.25, 0.3) is 0 Å². The molecule has 0 atom stereocenters. The Labute approximate surface area is 65.4 Å². The van der Waals surface area contributed by atoms with Crippen molar-refractivity contribution in [2.45, 2.75) is 6.92 Å². The molecule has 52 valence electrons. The van der Waals surface area contributed by atoms with Gasteiger partial charge in [0.1, 0.15) is 0 Å². The van der Waals surface area contributed by atoms with Gasteiger partial charge >= 0.3 is 0 Å². The number of hydrogen-bond acceptors (Lipinski definition) is 1. The molecule has 0 aliphatic rings. The van der Waals surface area contributed by atoms with Crippen molar-refractivity contribution in [3.63, 3.8) is 0 Å². The van der Waals surface area contributed by atoms with E-state index < -0.39 is 0 Å². The second-order valence-corrected chi connectivity index (χ2v) is 2.30. The molecule has 1 rings (SSSR count). The molecule has 0 N–H and O–H groups in total. The van der Waals surface area contributed by atoms with Crippen LogP contribution in [0.4, 0.5) is 5.69 Å². The van der Waals surface area contributed by atoms with Gasteiger partial charge in [0.05, 0.1) is 5.69 Å². The SMILES string of the molecule is CC=Nc1cccc(Cl)c1. The predicted molar refractivity (Wildman–Crippen MR) is 45.3 cm³/mol. The molecular weight excluding hydrogens is 146 g/mol. The van der Waals surface area contributed by atoms with Crippen molar-refractivity contribution in [2.75, 3.05) is 0 Å². The van der Waals surface area contributed by atoms with E-state index >= 15 is 0 Å². The molecule has 0 unspecified atom stereocenters. The molecule has 0 saturated heterocycles. The Bertz CT molecular complexity index is 243. The topological polar surface area (TPSA) is 12.4 Å². The van der Waals surface area contributed by atoms with E-state index in [1.165, 1.54) is 0 Å². The molecule has 2 heteroatoms. The maximum Gasteiger partial charge on any atom is 0.0640 e. The second kappa shape index (κ2) is 3.37. The lowest BCUT2D eigenvalue weighted by atomic mass is 10.3. The van der Waals surface area contributed by atoms with Crippen LogP contribution in [0.15, 0.2) is 29.3 Å². The lowest BCUT2D eigenvalue weighted by Gasteiger charge is -1.91. The molecule has 10 heavy (non-hydrogen) atoms. The van der Waals surface area contributed by atoms with Gasteiger partial charge in [-0.05, 0) is 25.1 Å². The Kier molecular flexibility index (Phi) is 2.46. The normalized spacial score (nSPS) is 10.6. The summed E-state index contributed by atoms with van der Waals surface area (Å²) >= 11 is 5.71. The van der Waals surface area contributed by atoms with Crippen molar-refractivity contribution in [3.8, 4) is 0 Å². The maximum atomic E-state index is 5.71. The highest BCUT2D eigenvalue weighted by Crippen LogP contribution is 2.16. The number of nitrogens with zero attached hydrogens (tertiary/aromatic N) is 1. The largest absolute Gasteiger partial charge is 0.261 e. The summed E-state index contributed by atoms with van der Waals surface area (Å²) in [6.45, 7) is 1.88. The fraction of sp³-hybridized carbons (Fsp3) is 0.125. The summed E-state index contributed by atoms with van der Waals surface area (Å²) in [5.74, 6) is 0. The van der Waals surface area contributed by atoms with Crippen LogP contribution in [0.5, 0.6) is 0 Å². The summed E-state index contributed by atoms with van der Waals surface area (Å²) in [5, 5.41) is 0.725. The first-order chi connectivity index (χ1) is 4.83. The van der Waals surface area contributed by atoms with E-state index in [9.17, 15) is 0 Å². The van der Waals surface area contributed by atoms with Crippen LogP contribution < -0.4 is 0 Å². The highest BCUT2D eigenvalue weighted by atomic mass is 35.5. The number of rotatable bonds is 1. The van der Waals surface area contributed by atoms with Crippen molar-refractivity contribution in [1.82, 2.24) is 0 Å². The monoisotopic (exact) mass is 153 g/mol. The summed E-state index contributed by atoms with van der Waals surface area (Å²) in [6.07, 6.45) is 1.74. The van der Waals surface area contributed by atoms with Crippen molar-refractivity contribution in [1.29, 1.82) is 0 Å². The summed E-state index contributed by atoms with van der Waals surface area (Å²) < 4.78 is 0. The Morgan fingerprint density at radius 3 is 2.90 bits per heavy atom. The molecule has 0 aromatic heterocycles. The Hall–Kier alpha value is -0.820. The van der Waals surface area contributed by atoms with Gasteiger partial charge in [-0.25, -0.2) is 0 Å². The number of halogens is 1. The van der Waals surface area contributed by atoms with E-state index in [1.807, 2.05) is 31.2 Å². The molecule has 0 bridgehead atoms. The molecule has 1 aromatic carbocycles. The Morgan fingerprint density at radius 1 is 1.50 bits per heavy atom. The van der Waals surface area contributed by atoms with Crippen LogP contribution in [-0.2, 0) is 0 Å². The summed E-state index contributed by atoms with van der Waals surface area (Å²) in [5.41, 5.74) is 0.898. The lowest BCUT2D eigenvalue weighted by molar-refractivity contribution is 1.53. The van der Waals surface area contributed by atoms with Gasteiger partial charge in [0.2, 0.25) is 0 Å². The van der Waals surface area contributed by atoms with Gasteiger partial charge in [0.15, 0.2) is 0 Å². The third-order valence-electron chi connectivity index (χ3n) is 1.09. The van der Waals surface area contributed by atoms with Crippen LogP contribution in [0.3, 0.4) is 0 Å². The molecule has 0 fully saturated rings. The van der Waals surface area contributed by atoms with E-state index in [0.29, 0.717) is 0 Å². The minimum absolute atomic E-state index is 0.725. The van der Waals surface area contributed by atoms with Crippen molar-refractivity contribution >= 4 is 23.5 Å². The zero-order valence-electron chi connectivity index (χ0n) is 5.71. The standard InChI is InChI=1S/C8H8ClN/c1-2-10-8-5-3-4-7(9)6-8/h2-6H,1H3. The molecule has 0 aliphatic carbocycles. The van der Waals surface area contributed by atoms with Crippen molar-refractivity contribution in [3.05, 3.63) is 29.3 Å². The van der Waals surface area contributed by atoms with Gasteiger partial charge in [-0.1, -0.05) is 17.7 Å². The number of benzene rings is 1. The summed E-state index contributed by atoms with van der Waals surface area (Å²) in [6, 6.07) is 7.44. The van der Waals surface area contributed by atoms with Gasteiger partial charge < -0.3 is 0 Å². The zero-order valence-corrected chi connectivity index (χ0v) is 6.47. The Balaban J connectivity index is 2.95.